The average Bonchev–Trinajstić information content (AvgIpc) is 3.13. The summed E-state index contributed by atoms with van der Waals surface area (Å²) >= 11 is 5.34. The molecule has 0 atom stereocenters. The minimum absolute atomic E-state index is 0.000419. The molecule has 1 saturated heterocycles. The molecule has 0 bridgehead atoms. The van der Waals surface area contributed by atoms with Gasteiger partial charge in [0.05, 0.1) is 18.4 Å². The van der Waals surface area contributed by atoms with Gasteiger partial charge in [-0.1, -0.05) is 26.0 Å². The van der Waals surface area contributed by atoms with E-state index in [1.165, 1.54) is 12.0 Å². The molecule has 0 saturated carbocycles. The third kappa shape index (κ3) is 4.84. The van der Waals surface area contributed by atoms with Crippen molar-refractivity contribution >= 4 is 46.9 Å². The van der Waals surface area contributed by atoms with Crippen LogP contribution in [-0.4, -0.2) is 34.6 Å². The lowest BCUT2D eigenvalue weighted by atomic mass is 10.0. The zero-order valence-corrected chi connectivity index (χ0v) is 22.5. The predicted molar refractivity (Wildman–Crippen MR) is 148 cm³/mol. The highest BCUT2D eigenvalue weighted by Crippen LogP contribution is 2.28. The van der Waals surface area contributed by atoms with E-state index < -0.39 is 17.8 Å². The summed E-state index contributed by atoms with van der Waals surface area (Å²) in [7, 11) is 1.35. The maximum absolute atomic E-state index is 13.5. The Morgan fingerprint density at radius 3 is 2.30 bits per heavy atom. The van der Waals surface area contributed by atoms with Crippen LogP contribution in [0.1, 0.15) is 58.2 Å². The molecule has 8 heteroatoms. The van der Waals surface area contributed by atoms with E-state index in [0.29, 0.717) is 17.2 Å². The van der Waals surface area contributed by atoms with Crippen molar-refractivity contribution in [2.45, 2.75) is 40.5 Å². The van der Waals surface area contributed by atoms with Gasteiger partial charge < -0.3 is 9.30 Å². The quantitative estimate of drug-likeness (QED) is 0.220. The van der Waals surface area contributed by atoms with Crippen molar-refractivity contribution in [2.75, 3.05) is 12.0 Å². The van der Waals surface area contributed by atoms with Crippen LogP contribution in [0.15, 0.2) is 54.1 Å². The van der Waals surface area contributed by atoms with E-state index in [9.17, 15) is 14.4 Å². The molecule has 190 valence electrons. The maximum Gasteiger partial charge on any atom is 0.337 e. The molecule has 0 unspecified atom stereocenters. The Labute approximate surface area is 221 Å². The molecule has 3 aromatic rings. The fraction of sp³-hybridized carbons (Fsp3) is 0.241. The molecule has 2 amide bonds. The SMILES string of the molecule is COC(=O)c1ccc(-n2c(C)cc(/C=C3\C(=O)NC(=S)N(c4ccc(C(C)C)cc4)C3=O)c2C)c(C)c1. The lowest BCUT2D eigenvalue weighted by Gasteiger charge is -2.29. The number of carbonyl (C=O) groups excluding carboxylic acids is 3. The summed E-state index contributed by atoms with van der Waals surface area (Å²) < 4.78 is 6.85. The van der Waals surface area contributed by atoms with Crippen molar-refractivity contribution in [3.8, 4) is 5.69 Å². The Morgan fingerprint density at radius 2 is 1.70 bits per heavy atom. The number of nitrogens with one attached hydrogen (secondary N) is 1. The summed E-state index contributed by atoms with van der Waals surface area (Å²) in [5.74, 6) is -1.06. The standard InChI is InChI=1S/C29H29N3O4S/c1-16(2)20-7-10-23(11-8-20)32-27(34)24(26(33)30-29(32)37)15-22-14-18(4)31(19(22)5)25-12-9-21(13-17(25)3)28(35)36-6/h7-16H,1-6H3,(H,30,33,37)/b24-15+. The highest BCUT2D eigenvalue weighted by Gasteiger charge is 2.34. The number of rotatable bonds is 5. The lowest BCUT2D eigenvalue weighted by molar-refractivity contribution is -0.122. The topological polar surface area (TPSA) is 80.6 Å². The van der Waals surface area contributed by atoms with Gasteiger partial charge in [-0.3, -0.25) is 19.8 Å². The van der Waals surface area contributed by atoms with Gasteiger partial charge in [0, 0.05) is 17.1 Å². The number of hydrogen-bond donors (Lipinski definition) is 1. The molecule has 1 aromatic heterocycles. The van der Waals surface area contributed by atoms with E-state index in [1.54, 1.807) is 18.2 Å². The number of methoxy groups -OCH3 is 1. The zero-order chi connectivity index (χ0) is 27.0. The van der Waals surface area contributed by atoms with Crippen LogP contribution < -0.4 is 10.2 Å². The Morgan fingerprint density at radius 1 is 1.03 bits per heavy atom. The first-order chi connectivity index (χ1) is 17.5. The molecular weight excluding hydrogens is 486 g/mol. The molecule has 4 rings (SSSR count). The summed E-state index contributed by atoms with van der Waals surface area (Å²) in [5.41, 5.74) is 6.47. The van der Waals surface area contributed by atoms with Gasteiger partial charge in [-0.2, -0.15) is 0 Å². The fourth-order valence-corrected chi connectivity index (χ4v) is 4.79. The van der Waals surface area contributed by atoms with E-state index in [4.69, 9.17) is 17.0 Å². The summed E-state index contributed by atoms with van der Waals surface area (Å²) in [5, 5.41) is 2.70. The zero-order valence-electron chi connectivity index (χ0n) is 21.7. The summed E-state index contributed by atoms with van der Waals surface area (Å²) in [4.78, 5) is 39.6. The Hall–Kier alpha value is -4.04. The molecule has 2 aromatic carbocycles. The van der Waals surface area contributed by atoms with Crippen molar-refractivity contribution in [1.29, 1.82) is 0 Å². The number of anilines is 1. The first kappa shape index (κ1) is 26.0. The normalized spacial score (nSPS) is 14.9. The van der Waals surface area contributed by atoms with Crippen LogP contribution in [0, 0.1) is 20.8 Å². The third-order valence-electron chi connectivity index (χ3n) is 6.55. The number of hydrogen-bond acceptors (Lipinski definition) is 5. The summed E-state index contributed by atoms with van der Waals surface area (Å²) in [6.07, 6.45) is 1.60. The van der Waals surface area contributed by atoms with Crippen molar-refractivity contribution in [3.63, 3.8) is 0 Å². The molecule has 0 radical (unpaired) electrons. The molecule has 1 aliphatic heterocycles. The first-order valence-corrected chi connectivity index (χ1v) is 12.3. The second kappa shape index (κ2) is 10.1. The number of esters is 1. The number of aryl methyl sites for hydroxylation is 2. The van der Waals surface area contributed by atoms with E-state index in [-0.39, 0.29) is 10.7 Å². The van der Waals surface area contributed by atoms with Gasteiger partial charge in [0.1, 0.15) is 5.57 Å². The highest BCUT2D eigenvalue weighted by atomic mass is 32.1. The largest absolute Gasteiger partial charge is 0.465 e. The monoisotopic (exact) mass is 515 g/mol. The van der Waals surface area contributed by atoms with Crippen molar-refractivity contribution < 1.29 is 19.1 Å². The fourth-order valence-electron chi connectivity index (χ4n) is 4.51. The van der Waals surface area contributed by atoms with Crippen LogP contribution in [0.2, 0.25) is 0 Å². The molecule has 1 fully saturated rings. The van der Waals surface area contributed by atoms with Crippen LogP contribution in [0.5, 0.6) is 0 Å². The summed E-state index contributed by atoms with van der Waals surface area (Å²) in [6, 6.07) is 14.9. The minimum Gasteiger partial charge on any atom is -0.465 e. The van der Waals surface area contributed by atoms with E-state index in [1.807, 2.05) is 61.7 Å². The maximum atomic E-state index is 13.5. The number of amides is 2. The molecule has 2 heterocycles. The number of thiocarbonyl (C=S) groups is 1. The molecule has 0 aliphatic carbocycles. The van der Waals surface area contributed by atoms with Crippen LogP contribution >= 0.6 is 12.2 Å². The predicted octanol–water partition coefficient (Wildman–Crippen LogP) is 5.14. The summed E-state index contributed by atoms with van der Waals surface area (Å²) in [6.45, 7) is 9.98. The van der Waals surface area contributed by atoms with Crippen molar-refractivity contribution in [3.05, 3.63) is 87.7 Å². The molecule has 0 spiro atoms. The van der Waals surface area contributed by atoms with Gasteiger partial charge in [-0.05, 0) is 98.1 Å². The smallest absolute Gasteiger partial charge is 0.337 e. The average molecular weight is 516 g/mol. The number of nitrogens with zero attached hydrogens (tertiary/aromatic N) is 2. The number of benzene rings is 2. The van der Waals surface area contributed by atoms with Gasteiger partial charge in [0.2, 0.25) is 0 Å². The van der Waals surface area contributed by atoms with Crippen LogP contribution in [0.4, 0.5) is 5.69 Å². The van der Waals surface area contributed by atoms with Crippen LogP contribution in [0.3, 0.4) is 0 Å². The molecule has 37 heavy (non-hydrogen) atoms. The molecule has 1 aliphatic rings. The second-order valence-corrected chi connectivity index (χ2v) is 9.75. The first-order valence-electron chi connectivity index (χ1n) is 11.9. The molecule has 1 N–H and O–H groups in total. The van der Waals surface area contributed by atoms with E-state index in [0.717, 1.165) is 33.8 Å². The highest BCUT2D eigenvalue weighted by molar-refractivity contribution is 7.80. The number of ether oxygens (including phenoxy) is 1. The Bertz CT molecular complexity index is 1470. The minimum atomic E-state index is -0.534. The van der Waals surface area contributed by atoms with Crippen molar-refractivity contribution in [1.82, 2.24) is 9.88 Å². The van der Waals surface area contributed by atoms with Crippen LogP contribution in [0.25, 0.3) is 11.8 Å². The Kier molecular flexibility index (Phi) is 7.14. The number of carbonyl (C=O) groups is 3. The Balaban J connectivity index is 1.72. The molecule has 7 nitrogen and oxygen atoms in total. The van der Waals surface area contributed by atoms with Gasteiger partial charge in [-0.25, -0.2) is 4.79 Å². The van der Waals surface area contributed by atoms with Gasteiger partial charge in [-0.15, -0.1) is 0 Å². The van der Waals surface area contributed by atoms with Crippen LogP contribution in [-0.2, 0) is 14.3 Å². The van der Waals surface area contributed by atoms with Gasteiger partial charge in [0.25, 0.3) is 11.8 Å². The van der Waals surface area contributed by atoms with Gasteiger partial charge in [0.15, 0.2) is 5.11 Å². The lowest BCUT2D eigenvalue weighted by Crippen LogP contribution is -2.54. The van der Waals surface area contributed by atoms with E-state index in [2.05, 4.69) is 19.2 Å². The van der Waals surface area contributed by atoms with Gasteiger partial charge >= 0.3 is 5.97 Å². The van der Waals surface area contributed by atoms with Crippen molar-refractivity contribution in [2.24, 2.45) is 0 Å². The molecular formula is C29H29N3O4S. The second-order valence-electron chi connectivity index (χ2n) is 9.36. The third-order valence-corrected chi connectivity index (χ3v) is 6.83. The van der Waals surface area contributed by atoms with E-state index >= 15 is 0 Å². The number of aromatic nitrogens is 1.